The number of esters is 1. The summed E-state index contributed by atoms with van der Waals surface area (Å²) in [5, 5.41) is 0. The Morgan fingerprint density at radius 1 is 1.15 bits per heavy atom. The van der Waals surface area contributed by atoms with E-state index in [1.165, 1.54) is 22.8 Å². The average molecular weight is 412 g/mol. The number of carbonyl (C=O) groups excluding carboxylic acids is 1. The van der Waals surface area contributed by atoms with Gasteiger partial charge in [-0.1, -0.05) is 11.3 Å². The van der Waals surface area contributed by atoms with Gasteiger partial charge in [0.05, 0.1) is 21.7 Å². The molecule has 0 aliphatic heterocycles. The van der Waals surface area contributed by atoms with E-state index in [4.69, 9.17) is 4.74 Å². The Bertz CT molecular complexity index is 1170. The third-order valence-electron chi connectivity index (χ3n) is 3.55. The van der Waals surface area contributed by atoms with Gasteiger partial charge in [0.15, 0.2) is 0 Å². The van der Waals surface area contributed by atoms with Crippen LogP contribution in [0.15, 0.2) is 51.8 Å². The molecule has 0 saturated carbocycles. The standard InChI is InChI=1S/C17H14F2N2O4S2/c1-2-25-16(22)10-21-14-8-5-12(19)9-15(14)26-17(21)20-27(23,24)13-6-3-11(18)4-7-13/h3-9H,2,10H2,1H3/b20-17-. The number of ether oxygens (including phenoxy) is 1. The second-order valence-corrected chi connectivity index (χ2v) is 8.02. The van der Waals surface area contributed by atoms with Crippen molar-refractivity contribution in [2.24, 2.45) is 4.40 Å². The lowest BCUT2D eigenvalue weighted by molar-refractivity contribution is -0.143. The highest BCUT2D eigenvalue weighted by molar-refractivity contribution is 7.90. The third-order valence-corrected chi connectivity index (χ3v) is 5.99. The van der Waals surface area contributed by atoms with Gasteiger partial charge in [-0.3, -0.25) is 4.79 Å². The fourth-order valence-electron chi connectivity index (χ4n) is 2.37. The quantitative estimate of drug-likeness (QED) is 0.604. The fourth-order valence-corrected chi connectivity index (χ4v) is 4.62. The van der Waals surface area contributed by atoms with Crippen LogP contribution < -0.4 is 4.80 Å². The Kier molecular flexibility index (Phi) is 5.38. The molecule has 1 aromatic heterocycles. The van der Waals surface area contributed by atoms with Crippen LogP contribution in [0.3, 0.4) is 0 Å². The maximum absolute atomic E-state index is 13.5. The Labute approximate surface area is 157 Å². The minimum atomic E-state index is -4.16. The van der Waals surface area contributed by atoms with Gasteiger partial charge in [-0.2, -0.15) is 8.42 Å². The molecule has 0 bridgehead atoms. The molecule has 3 rings (SSSR count). The number of halogens is 2. The van der Waals surface area contributed by atoms with E-state index in [2.05, 4.69) is 4.40 Å². The highest BCUT2D eigenvalue weighted by atomic mass is 32.2. The van der Waals surface area contributed by atoms with E-state index in [1.807, 2.05) is 0 Å². The average Bonchev–Trinajstić information content (AvgIpc) is 2.91. The molecule has 27 heavy (non-hydrogen) atoms. The van der Waals surface area contributed by atoms with Gasteiger partial charge in [0.2, 0.25) is 4.80 Å². The van der Waals surface area contributed by atoms with Crippen LogP contribution in [0.5, 0.6) is 0 Å². The van der Waals surface area contributed by atoms with Crippen LogP contribution in [0, 0.1) is 11.6 Å². The van der Waals surface area contributed by atoms with Crippen molar-refractivity contribution >= 4 is 37.5 Å². The number of benzene rings is 2. The van der Waals surface area contributed by atoms with Crippen LogP contribution in [0.2, 0.25) is 0 Å². The molecular formula is C17H14F2N2O4S2. The van der Waals surface area contributed by atoms with Gasteiger partial charge < -0.3 is 9.30 Å². The number of fused-ring (bicyclic) bond motifs is 1. The highest BCUT2D eigenvalue weighted by Gasteiger charge is 2.17. The van der Waals surface area contributed by atoms with E-state index in [1.54, 1.807) is 6.92 Å². The SMILES string of the molecule is CCOC(=O)Cn1/c(=N/S(=O)(=O)c2ccc(F)cc2)sc2cc(F)ccc21. The van der Waals surface area contributed by atoms with Crippen molar-refractivity contribution in [3.05, 3.63) is 58.9 Å². The van der Waals surface area contributed by atoms with Gasteiger partial charge in [0, 0.05) is 0 Å². The monoisotopic (exact) mass is 412 g/mol. The first-order chi connectivity index (χ1) is 12.8. The van der Waals surface area contributed by atoms with Crippen molar-refractivity contribution in [1.29, 1.82) is 0 Å². The molecule has 0 unspecified atom stereocenters. The van der Waals surface area contributed by atoms with Crippen molar-refractivity contribution in [2.45, 2.75) is 18.4 Å². The lowest BCUT2D eigenvalue weighted by Crippen LogP contribution is -2.23. The minimum absolute atomic E-state index is 0.0204. The van der Waals surface area contributed by atoms with Crippen molar-refractivity contribution in [2.75, 3.05) is 6.61 Å². The number of carbonyl (C=O) groups is 1. The molecule has 0 atom stereocenters. The van der Waals surface area contributed by atoms with Crippen LogP contribution in [0.4, 0.5) is 8.78 Å². The molecular weight excluding hydrogens is 398 g/mol. The molecule has 0 fully saturated rings. The zero-order valence-corrected chi connectivity index (χ0v) is 15.7. The van der Waals surface area contributed by atoms with Gasteiger partial charge in [-0.25, -0.2) is 8.78 Å². The van der Waals surface area contributed by atoms with Crippen molar-refractivity contribution < 1.29 is 26.7 Å². The maximum Gasteiger partial charge on any atom is 0.326 e. The lowest BCUT2D eigenvalue weighted by Gasteiger charge is -2.05. The van der Waals surface area contributed by atoms with Crippen molar-refractivity contribution in [3.8, 4) is 0 Å². The number of aromatic nitrogens is 1. The highest BCUT2D eigenvalue weighted by Crippen LogP contribution is 2.20. The van der Waals surface area contributed by atoms with Gasteiger partial charge in [0.1, 0.15) is 18.2 Å². The van der Waals surface area contributed by atoms with E-state index >= 15 is 0 Å². The minimum Gasteiger partial charge on any atom is -0.465 e. The summed E-state index contributed by atoms with van der Waals surface area (Å²) in [7, 11) is -4.16. The van der Waals surface area contributed by atoms with E-state index in [0.29, 0.717) is 10.2 Å². The third kappa shape index (κ3) is 4.22. The maximum atomic E-state index is 13.5. The molecule has 0 N–H and O–H groups in total. The summed E-state index contributed by atoms with van der Waals surface area (Å²) in [4.78, 5) is 11.7. The number of nitrogens with zero attached hydrogens (tertiary/aromatic N) is 2. The van der Waals surface area contributed by atoms with Gasteiger partial charge in [0.25, 0.3) is 10.0 Å². The molecule has 0 amide bonds. The summed E-state index contributed by atoms with van der Waals surface area (Å²) in [6, 6.07) is 8.07. The van der Waals surface area contributed by atoms with Gasteiger partial charge in [-0.15, -0.1) is 4.40 Å². The molecule has 0 aliphatic rings. The summed E-state index contributed by atoms with van der Waals surface area (Å²) < 4.78 is 62.1. The van der Waals surface area contributed by atoms with Crippen molar-refractivity contribution in [1.82, 2.24) is 4.57 Å². The smallest absolute Gasteiger partial charge is 0.326 e. The molecule has 0 spiro atoms. The number of hydrogen-bond acceptors (Lipinski definition) is 5. The van der Waals surface area contributed by atoms with E-state index in [0.717, 1.165) is 35.6 Å². The number of rotatable bonds is 5. The molecule has 142 valence electrons. The molecule has 3 aromatic rings. The predicted octanol–water partition coefficient (Wildman–Crippen LogP) is 2.83. The van der Waals surface area contributed by atoms with E-state index in [-0.39, 0.29) is 22.8 Å². The fraction of sp³-hybridized carbons (Fsp3) is 0.176. The Morgan fingerprint density at radius 3 is 2.48 bits per heavy atom. The molecule has 0 radical (unpaired) electrons. The molecule has 0 aliphatic carbocycles. The normalized spacial score (nSPS) is 12.5. The number of thiazole rings is 1. The summed E-state index contributed by atoms with van der Waals surface area (Å²) in [5.74, 6) is -1.66. The summed E-state index contributed by atoms with van der Waals surface area (Å²) in [5.41, 5.74) is 0.447. The summed E-state index contributed by atoms with van der Waals surface area (Å²) >= 11 is 0.918. The number of hydrogen-bond donors (Lipinski definition) is 0. The van der Waals surface area contributed by atoms with Crippen LogP contribution in [-0.2, 0) is 26.1 Å². The second kappa shape index (κ2) is 7.57. The topological polar surface area (TPSA) is 77.7 Å². The molecule has 1 heterocycles. The van der Waals surface area contributed by atoms with Crippen LogP contribution >= 0.6 is 11.3 Å². The first-order valence-corrected chi connectivity index (χ1v) is 10.1. The first kappa shape index (κ1) is 19.2. The van der Waals surface area contributed by atoms with Crippen LogP contribution in [0.25, 0.3) is 10.2 Å². The second-order valence-electron chi connectivity index (χ2n) is 5.41. The summed E-state index contributed by atoms with van der Waals surface area (Å²) in [6.45, 7) is 1.53. The van der Waals surface area contributed by atoms with Gasteiger partial charge >= 0.3 is 5.97 Å². The van der Waals surface area contributed by atoms with E-state index < -0.39 is 27.6 Å². The zero-order valence-electron chi connectivity index (χ0n) is 14.1. The Hall–Kier alpha value is -2.59. The molecule has 10 heteroatoms. The van der Waals surface area contributed by atoms with Crippen LogP contribution in [0.1, 0.15) is 6.92 Å². The van der Waals surface area contributed by atoms with Crippen molar-refractivity contribution in [3.63, 3.8) is 0 Å². The molecule has 6 nitrogen and oxygen atoms in total. The molecule has 2 aromatic carbocycles. The predicted molar refractivity (Wildman–Crippen MR) is 95.6 cm³/mol. The zero-order chi connectivity index (χ0) is 19.6. The van der Waals surface area contributed by atoms with Gasteiger partial charge in [-0.05, 0) is 49.4 Å². The lowest BCUT2D eigenvalue weighted by atomic mass is 10.3. The first-order valence-electron chi connectivity index (χ1n) is 7.81. The van der Waals surface area contributed by atoms with E-state index in [9.17, 15) is 22.0 Å². The molecule has 0 saturated heterocycles. The summed E-state index contributed by atoms with van der Waals surface area (Å²) in [6.07, 6.45) is 0. The van der Waals surface area contributed by atoms with Crippen LogP contribution in [-0.4, -0.2) is 25.6 Å². The number of sulfonamides is 1. The Balaban J connectivity index is 2.18. The largest absolute Gasteiger partial charge is 0.465 e. The Morgan fingerprint density at radius 2 is 1.81 bits per heavy atom.